The summed E-state index contributed by atoms with van der Waals surface area (Å²) in [7, 11) is 0. The van der Waals surface area contributed by atoms with Gasteiger partial charge in [-0.3, -0.25) is 4.79 Å². The highest BCUT2D eigenvalue weighted by Crippen LogP contribution is 2.24. The monoisotopic (exact) mass is 334 g/mol. The Hall–Kier alpha value is -1.99. The minimum absolute atomic E-state index is 0.223. The van der Waals surface area contributed by atoms with Crippen molar-refractivity contribution in [1.82, 2.24) is 5.32 Å². The molecule has 0 aliphatic carbocycles. The van der Waals surface area contributed by atoms with Crippen LogP contribution in [-0.4, -0.2) is 34.2 Å². The second kappa shape index (κ2) is 7.70. The van der Waals surface area contributed by atoms with Gasteiger partial charge in [-0.2, -0.15) is 0 Å². The quantitative estimate of drug-likeness (QED) is 0.637. The molecule has 0 aliphatic rings. The number of nitrogens with one attached hydrogen (secondary N) is 2. The summed E-state index contributed by atoms with van der Waals surface area (Å²) in [5.74, 6) is -2.46. The summed E-state index contributed by atoms with van der Waals surface area (Å²) in [6, 6.07) is 2.27. The Labute approximate surface area is 129 Å². The molecular weight excluding hydrogens is 323 g/mol. The van der Waals surface area contributed by atoms with Crippen molar-refractivity contribution >= 4 is 46.9 Å². The summed E-state index contributed by atoms with van der Waals surface area (Å²) in [6.45, 7) is 0. The number of carboxylic acids is 2. The average Bonchev–Trinajstić information content (AvgIpc) is 2.38. The number of halogens is 2. The van der Waals surface area contributed by atoms with Crippen LogP contribution in [-0.2, 0) is 9.59 Å². The van der Waals surface area contributed by atoms with Crippen LogP contribution in [0.5, 0.6) is 0 Å². The van der Waals surface area contributed by atoms with Crippen LogP contribution in [0.4, 0.5) is 10.5 Å². The van der Waals surface area contributed by atoms with Crippen molar-refractivity contribution in [3.63, 3.8) is 0 Å². The Morgan fingerprint density at radius 3 is 2.33 bits per heavy atom. The highest BCUT2D eigenvalue weighted by atomic mass is 35.5. The van der Waals surface area contributed by atoms with E-state index in [1.807, 2.05) is 0 Å². The predicted octanol–water partition coefficient (Wildman–Crippen LogP) is 2.43. The number of aliphatic carboxylic acids is 2. The third kappa shape index (κ3) is 5.88. The second-order valence-corrected chi connectivity index (χ2v) is 4.86. The fourth-order valence-corrected chi connectivity index (χ4v) is 1.72. The van der Waals surface area contributed by atoms with Crippen LogP contribution in [0.25, 0.3) is 0 Å². The van der Waals surface area contributed by atoms with E-state index < -0.39 is 24.0 Å². The Kier molecular flexibility index (Phi) is 6.26. The van der Waals surface area contributed by atoms with E-state index >= 15 is 0 Å². The molecule has 0 heterocycles. The molecule has 0 fully saturated rings. The summed E-state index contributed by atoms with van der Waals surface area (Å²) in [5.41, 5.74) is 0.323. The fourth-order valence-electron chi connectivity index (χ4n) is 1.42. The van der Waals surface area contributed by atoms with Gasteiger partial charge in [0.2, 0.25) is 0 Å². The van der Waals surface area contributed by atoms with Crippen LogP contribution in [0.2, 0.25) is 10.0 Å². The number of carbonyl (C=O) groups excluding carboxylic acids is 1. The van der Waals surface area contributed by atoms with Gasteiger partial charge in [-0.05, 0) is 24.6 Å². The number of hydrogen-bond donors (Lipinski definition) is 4. The topological polar surface area (TPSA) is 116 Å². The molecule has 0 saturated carbocycles. The van der Waals surface area contributed by atoms with Gasteiger partial charge < -0.3 is 20.8 Å². The third-order valence-corrected chi connectivity index (χ3v) is 3.17. The van der Waals surface area contributed by atoms with Gasteiger partial charge in [0, 0.05) is 12.1 Å². The van der Waals surface area contributed by atoms with Crippen LogP contribution in [0.1, 0.15) is 12.8 Å². The number of urea groups is 1. The predicted molar refractivity (Wildman–Crippen MR) is 76.9 cm³/mol. The number of anilines is 1. The highest BCUT2D eigenvalue weighted by Gasteiger charge is 2.20. The zero-order valence-electron chi connectivity index (χ0n) is 10.6. The molecule has 1 rings (SSSR count). The normalized spacial score (nSPS) is 11.5. The molecule has 1 unspecified atom stereocenters. The molecule has 0 aromatic heterocycles. The summed E-state index contributed by atoms with van der Waals surface area (Å²) >= 11 is 11.5. The maximum atomic E-state index is 11.7. The van der Waals surface area contributed by atoms with Crippen LogP contribution in [0.3, 0.4) is 0 Å². The molecule has 0 bridgehead atoms. The fraction of sp³-hybridized carbons (Fsp3) is 0.250. The van der Waals surface area contributed by atoms with Crippen LogP contribution >= 0.6 is 23.2 Å². The number of carbonyl (C=O) groups is 3. The summed E-state index contributed by atoms with van der Waals surface area (Å²) < 4.78 is 0. The lowest BCUT2D eigenvalue weighted by Crippen LogP contribution is -2.43. The summed E-state index contributed by atoms with van der Waals surface area (Å²) in [4.78, 5) is 33.0. The number of carboxylic acid groups (broad SMARTS) is 2. The van der Waals surface area contributed by atoms with Crippen molar-refractivity contribution in [3.8, 4) is 0 Å². The van der Waals surface area contributed by atoms with Crippen molar-refractivity contribution in [3.05, 3.63) is 28.2 Å². The molecular formula is C12H12Cl2N2O5. The van der Waals surface area contributed by atoms with Crippen LogP contribution < -0.4 is 10.6 Å². The first-order chi connectivity index (χ1) is 9.79. The van der Waals surface area contributed by atoms with Gasteiger partial charge in [0.15, 0.2) is 0 Å². The lowest BCUT2D eigenvalue weighted by molar-refractivity contribution is -0.140. The van der Waals surface area contributed by atoms with Gasteiger partial charge in [-0.25, -0.2) is 9.59 Å². The number of rotatable bonds is 6. The number of benzene rings is 1. The van der Waals surface area contributed by atoms with E-state index in [2.05, 4.69) is 10.6 Å². The zero-order valence-corrected chi connectivity index (χ0v) is 12.1. The van der Waals surface area contributed by atoms with E-state index in [1.54, 1.807) is 0 Å². The molecule has 21 heavy (non-hydrogen) atoms. The molecule has 0 spiro atoms. The van der Waals surface area contributed by atoms with Crippen molar-refractivity contribution in [2.45, 2.75) is 18.9 Å². The maximum Gasteiger partial charge on any atom is 0.326 e. The Balaban J connectivity index is 2.62. The molecule has 1 atom stereocenters. The largest absolute Gasteiger partial charge is 0.481 e. The van der Waals surface area contributed by atoms with Gasteiger partial charge in [0.1, 0.15) is 6.04 Å². The Bertz CT molecular complexity index is 565. The van der Waals surface area contributed by atoms with Gasteiger partial charge >= 0.3 is 18.0 Å². The first-order valence-corrected chi connectivity index (χ1v) is 6.52. The van der Waals surface area contributed by atoms with Crippen molar-refractivity contribution in [2.75, 3.05) is 5.32 Å². The SMILES string of the molecule is O=C(O)CCC(NC(=O)Nc1ccc(Cl)c(Cl)c1)C(=O)O. The molecule has 2 amide bonds. The lowest BCUT2D eigenvalue weighted by Gasteiger charge is -2.14. The van der Waals surface area contributed by atoms with E-state index in [4.69, 9.17) is 33.4 Å². The molecule has 0 saturated heterocycles. The van der Waals surface area contributed by atoms with Crippen molar-refractivity contribution in [1.29, 1.82) is 0 Å². The molecule has 4 N–H and O–H groups in total. The van der Waals surface area contributed by atoms with E-state index in [1.165, 1.54) is 18.2 Å². The van der Waals surface area contributed by atoms with Crippen LogP contribution in [0, 0.1) is 0 Å². The first kappa shape index (κ1) is 17.1. The summed E-state index contributed by atoms with van der Waals surface area (Å²) in [6.07, 6.45) is -0.594. The minimum Gasteiger partial charge on any atom is -0.481 e. The smallest absolute Gasteiger partial charge is 0.326 e. The molecule has 114 valence electrons. The molecule has 1 aromatic rings. The second-order valence-electron chi connectivity index (χ2n) is 4.05. The lowest BCUT2D eigenvalue weighted by atomic mass is 10.1. The highest BCUT2D eigenvalue weighted by molar-refractivity contribution is 6.42. The van der Waals surface area contributed by atoms with E-state index in [-0.39, 0.29) is 17.9 Å². The zero-order chi connectivity index (χ0) is 16.0. The van der Waals surface area contributed by atoms with Crippen molar-refractivity contribution in [2.24, 2.45) is 0 Å². The Morgan fingerprint density at radius 2 is 1.81 bits per heavy atom. The first-order valence-electron chi connectivity index (χ1n) is 5.76. The maximum absolute atomic E-state index is 11.7. The van der Waals surface area contributed by atoms with Gasteiger partial charge in [-0.15, -0.1) is 0 Å². The Morgan fingerprint density at radius 1 is 1.14 bits per heavy atom. The molecule has 7 nitrogen and oxygen atoms in total. The van der Waals surface area contributed by atoms with Gasteiger partial charge in [0.05, 0.1) is 10.0 Å². The van der Waals surface area contributed by atoms with E-state index in [0.717, 1.165) is 0 Å². The van der Waals surface area contributed by atoms with E-state index in [9.17, 15) is 14.4 Å². The third-order valence-electron chi connectivity index (χ3n) is 2.43. The summed E-state index contributed by atoms with van der Waals surface area (Å²) in [5, 5.41) is 22.5. The standard InChI is InChI=1S/C12H12Cl2N2O5/c13-7-2-1-6(5-8(7)14)15-12(21)16-9(11(19)20)3-4-10(17)18/h1-2,5,9H,3-4H2,(H,17,18)(H,19,20)(H2,15,16,21). The van der Waals surface area contributed by atoms with Gasteiger partial charge in [0.25, 0.3) is 0 Å². The molecule has 9 heteroatoms. The molecule has 0 radical (unpaired) electrons. The molecule has 1 aromatic carbocycles. The van der Waals surface area contributed by atoms with E-state index in [0.29, 0.717) is 10.7 Å². The van der Waals surface area contributed by atoms with Gasteiger partial charge in [-0.1, -0.05) is 23.2 Å². The molecule has 0 aliphatic heterocycles. The number of hydrogen-bond acceptors (Lipinski definition) is 3. The average molecular weight is 335 g/mol. The van der Waals surface area contributed by atoms with Crippen molar-refractivity contribution < 1.29 is 24.6 Å². The van der Waals surface area contributed by atoms with Crippen LogP contribution in [0.15, 0.2) is 18.2 Å². The minimum atomic E-state index is -1.32. The number of amides is 2.